The molecular formula is C16H25BrN2O2S. The Hall–Kier alpha value is -0.430. The van der Waals surface area contributed by atoms with Crippen molar-refractivity contribution in [3.63, 3.8) is 0 Å². The van der Waals surface area contributed by atoms with E-state index in [0.717, 1.165) is 36.0 Å². The number of rotatable bonds is 5. The minimum absolute atomic E-state index is 0.420. The first kappa shape index (κ1) is 17.9. The smallest absolute Gasteiger partial charge is 0.243 e. The van der Waals surface area contributed by atoms with E-state index in [1.807, 2.05) is 19.1 Å². The van der Waals surface area contributed by atoms with E-state index in [4.69, 9.17) is 0 Å². The summed E-state index contributed by atoms with van der Waals surface area (Å²) in [6, 6.07) is 5.94. The Labute approximate surface area is 142 Å². The van der Waals surface area contributed by atoms with Crippen LogP contribution in [0.5, 0.6) is 0 Å². The molecule has 22 heavy (non-hydrogen) atoms. The van der Waals surface area contributed by atoms with Crippen molar-refractivity contribution >= 4 is 26.0 Å². The summed E-state index contributed by atoms with van der Waals surface area (Å²) in [7, 11) is -3.39. The zero-order valence-electron chi connectivity index (χ0n) is 13.5. The third-order valence-electron chi connectivity index (χ3n) is 4.52. The molecule has 124 valence electrons. The number of piperidine rings is 1. The molecule has 0 unspecified atom stereocenters. The summed E-state index contributed by atoms with van der Waals surface area (Å²) in [5, 5.41) is 0. The molecule has 1 aromatic rings. The Balaban J connectivity index is 2.14. The highest BCUT2D eigenvalue weighted by molar-refractivity contribution is 9.10. The molecule has 0 N–H and O–H groups in total. The third kappa shape index (κ3) is 3.72. The van der Waals surface area contributed by atoms with Crippen molar-refractivity contribution < 1.29 is 8.42 Å². The van der Waals surface area contributed by atoms with Crippen LogP contribution in [0.15, 0.2) is 27.6 Å². The van der Waals surface area contributed by atoms with E-state index < -0.39 is 10.0 Å². The highest BCUT2D eigenvalue weighted by atomic mass is 79.9. The van der Waals surface area contributed by atoms with Gasteiger partial charge in [-0.15, -0.1) is 0 Å². The lowest BCUT2D eigenvalue weighted by Crippen LogP contribution is -2.46. The summed E-state index contributed by atoms with van der Waals surface area (Å²) in [5.41, 5.74) is 0.800. The number of aryl methyl sites for hydroxylation is 1. The Kier molecular flexibility index (Phi) is 6.05. The lowest BCUT2D eigenvalue weighted by atomic mass is 10.1. The monoisotopic (exact) mass is 388 g/mol. The molecule has 4 nitrogen and oxygen atoms in total. The van der Waals surface area contributed by atoms with Gasteiger partial charge in [-0.3, -0.25) is 0 Å². The number of hydrogen-bond donors (Lipinski definition) is 0. The summed E-state index contributed by atoms with van der Waals surface area (Å²) in [6.45, 7) is 9.44. The van der Waals surface area contributed by atoms with Gasteiger partial charge in [0.1, 0.15) is 0 Å². The van der Waals surface area contributed by atoms with Crippen molar-refractivity contribution in [1.29, 1.82) is 0 Å². The molecule has 1 aliphatic heterocycles. The van der Waals surface area contributed by atoms with Gasteiger partial charge in [-0.2, -0.15) is 4.31 Å². The topological polar surface area (TPSA) is 40.6 Å². The Bertz CT molecular complexity index is 607. The molecule has 0 radical (unpaired) electrons. The van der Waals surface area contributed by atoms with Crippen molar-refractivity contribution in [1.82, 2.24) is 9.21 Å². The lowest BCUT2D eigenvalue weighted by Gasteiger charge is -2.37. The molecule has 0 bridgehead atoms. The number of nitrogens with zero attached hydrogens (tertiary/aromatic N) is 2. The van der Waals surface area contributed by atoms with Crippen LogP contribution in [0.4, 0.5) is 0 Å². The van der Waals surface area contributed by atoms with E-state index in [2.05, 4.69) is 34.7 Å². The fraction of sp³-hybridized carbons (Fsp3) is 0.625. The Morgan fingerprint density at radius 2 is 1.82 bits per heavy atom. The molecule has 1 fully saturated rings. The number of benzene rings is 1. The van der Waals surface area contributed by atoms with Crippen molar-refractivity contribution in [2.45, 2.75) is 44.6 Å². The molecule has 0 atom stereocenters. The second kappa shape index (κ2) is 7.43. The van der Waals surface area contributed by atoms with Gasteiger partial charge in [-0.05, 0) is 50.6 Å². The Morgan fingerprint density at radius 3 is 2.36 bits per heavy atom. The van der Waals surface area contributed by atoms with Crippen LogP contribution >= 0.6 is 15.9 Å². The predicted octanol–water partition coefficient (Wildman–Crippen LogP) is 3.25. The van der Waals surface area contributed by atoms with Gasteiger partial charge >= 0.3 is 0 Å². The molecular weight excluding hydrogens is 364 g/mol. The van der Waals surface area contributed by atoms with Crippen LogP contribution in [-0.4, -0.2) is 49.8 Å². The van der Waals surface area contributed by atoms with Gasteiger partial charge < -0.3 is 4.90 Å². The van der Waals surface area contributed by atoms with Crippen LogP contribution in [0.25, 0.3) is 0 Å². The Morgan fingerprint density at radius 1 is 1.23 bits per heavy atom. The quantitative estimate of drug-likeness (QED) is 0.776. The summed E-state index contributed by atoms with van der Waals surface area (Å²) >= 11 is 3.37. The highest BCUT2D eigenvalue weighted by Crippen LogP contribution is 2.27. The van der Waals surface area contributed by atoms with Crippen molar-refractivity contribution in [2.24, 2.45) is 0 Å². The first-order chi connectivity index (χ1) is 10.4. The first-order valence-electron chi connectivity index (χ1n) is 7.90. The molecule has 1 saturated heterocycles. The SMILES string of the molecule is CCN(CC)C1CCN(S(=O)(=O)c2cc(Br)ccc2C)CC1. The standard InChI is InChI=1S/C16H25BrN2O2S/c1-4-18(5-2)15-8-10-19(11-9-15)22(20,21)16-12-14(17)7-6-13(16)3/h6-7,12,15H,4-5,8-11H2,1-3H3. The summed E-state index contributed by atoms with van der Waals surface area (Å²) in [4.78, 5) is 2.84. The minimum Gasteiger partial charge on any atom is -0.301 e. The maximum atomic E-state index is 12.9. The van der Waals surface area contributed by atoms with E-state index in [1.54, 1.807) is 10.4 Å². The average molecular weight is 389 g/mol. The van der Waals surface area contributed by atoms with Crippen LogP contribution in [0, 0.1) is 6.92 Å². The van der Waals surface area contributed by atoms with E-state index in [0.29, 0.717) is 24.0 Å². The molecule has 0 aliphatic carbocycles. The maximum absolute atomic E-state index is 12.9. The highest BCUT2D eigenvalue weighted by Gasteiger charge is 2.31. The van der Waals surface area contributed by atoms with Crippen LogP contribution in [-0.2, 0) is 10.0 Å². The van der Waals surface area contributed by atoms with Crippen LogP contribution in [0.2, 0.25) is 0 Å². The second-order valence-electron chi connectivity index (χ2n) is 5.77. The number of sulfonamides is 1. The molecule has 1 aromatic carbocycles. The van der Waals surface area contributed by atoms with Crippen LogP contribution < -0.4 is 0 Å². The average Bonchev–Trinajstić information content (AvgIpc) is 2.51. The van der Waals surface area contributed by atoms with E-state index >= 15 is 0 Å². The second-order valence-corrected chi connectivity index (χ2v) is 8.59. The summed E-state index contributed by atoms with van der Waals surface area (Å²) < 4.78 is 28.2. The van der Waals surface area contributed by atoms with Gasteiger partial charge in [-0.1, -0.05) is 35.8 Å². The van der Waals surface area contributed by atoms with Crippen molar-refractivity contribution in [2.75, 3.05) is 26.2 Å². The van der Waals surface area contributed by atoms with Gasteiger partial charge in [0.2, 0.25) is 10.0 Å². The van der Waals surface area contributed by atoms with Gasteiger partial charge in [0, 0.05) is 23.6 Å². The van der Waals surface area contributed by atoms with Gasteiger partial charge in [0.25, 0.3) is 0 Å². The fourth-order valence-electron chi connectivity index (χ4n) is 3.18. The summed E-state index contributed by atoms with van der Waals surface area (Å²) in [5.74, 6) is 0. The molecule has 0 spiro atoms. The molecule has 0 amide bonds. The number of hydrogen-bond acceptors (Lipinski definition) is 3. The van der Waals surface area contributed by atoms with Gasteiger partial charge in [0.15, 0.2) is 0 Å². The van der Waals surface area contributed by atoms with Gasteiger partial charge in [0.05, 0.1) is 4.90 Å². The first-order valence-corrected chi connectivity index (χ1v) is 10.1. The molecule has 0 aromatic heterocycles. The summed E-state index contributed by atoms with van der Waals surface area (Å²) in [6.07, 6.45) is 1.82. The predicted molar refractivity (Wildman–Crippen MR) is 93.6 cm³/mol. The van der Waals surface area contributed by atoms with E-state index in [1.165, 1.54) is 0 Å². The lowest BCUT2D eigenvalue weighted by molar-refractivity contribution is 0.152. The van der Waals surface area contributed by atoms with Crippen LogP contribution in [0.1, 0.15) is 32.3 Å². The number of halogens is 1. The normalized spacial score (nSPS) is 18.0. The largest absolute Gasteiger partial charge is 0.301 e. The van der Waals surface area contributed by atoms with E-state index in [9.17, 15) is 8.42 Å². The third-order valence-corrected chi connectivity index (χ3v) is 7.05. The van der Waals surface area contributed by atoms with E-state index in [-0.39, 0.29) is 0 Å². The van der Waals surface area contributed by atoms with Crippen molar-refractivity contribution in [3.8, 4) is 0 Å². The molecule has 6 heteroatoms. The van der Waals surface area contributed by atoms with Crippen molar-refractivity contribution in [3.05, 3.63) is 28.2 Å². The molecule has 1 heterocycles. The maximum Gasteiger partial charge on any atom is 0.243 e. The van der Waals surface area contributed by atoms with Crippen LogP contribution in [0.3, 0.4) is 0 Å². The molecule has 2 rings (SSSR count). The zero-order valence-corrected chi connectivity index (χ0v) is 16.0. The molecule has 1 aliphatic rings. The molecule has 0 saturated carbocycles. The zero-order chi connectivity index (χ0) is 16.3. The fourth-order valence-corrected chi connectivity index (χ4v) is 5.41. The van der Waals surface area contributed by atoms with Gasteiger partial charge in [-0.25, -0.2) is 8.42 Å². The minimum atomic E-state index is -3.39.